The Balaban J connectivity index is 1.18. The van der Waals surface area contributed by atoms with Crippen LogP contribution >= 0.6 is 23.2 Å². The Morgan fingerprint density at radius 3 is 1.32 bits per heavy atom. The van der Waals surface area contributed by atoms with Crippen LogP contribution in [0.4, 0.5) is 0 Å². The van der Waals surface area contributed by atoms with Gasteiger partial charge in [0.1, 0.15) is 11.5 Å². The van der Waals surface area contributed by atoms with Gasteiger partial charge in [0, 0.05) is 31.9 Å². The second-order valence-electron chi connectivity index (χ2n) is 11.4. The average molecular weight is 656 g/mol. The predicted octanol–water partition coefficient (Wildman–Crippen LogP) is 10.9. The third-order valence-corrected chi connectivity index (χ3v) is 8.92. The van der Waals surface area contributed by atoms with E-state index in [0.717, 1.165) is 55.3 Å². The van der Waals surface area contributed by atoms with Crippen LogP contribution in [0.5, 0.6) is 11.5 Å². The zero-order valence-corrected chi connectivity index (χ0v) is 26.1. The first-order valence-corrected chi connectivity index (χ1v) is 15.6. The number of aromatic nitrogens is 2. The summed E-state index contributed by atoms with van der Waals surface area (Å²) in [6.07, 6.45) is 3.88. The highest BCUT2D eigenvalue weighted by atomic mass is 35.5. The predicted molar refractivity (Wildman–Crippen MR) is 186 cm³/mol. The fourth-order valence-corrected chi connectivity index (χ4v) is 6.31. The Labute approximate surface area is 279 Å². The fourth-order valence-electron chi connectivity index (χ4n) is 6.06. The summed E-state index contributed by atoms with van der Waals surface area (Å²) < 4.78 is 11.1. The number of fused-ring (bicyclic) bond motifs is 2. The second-order valence-corrected chi connectivity index (χ2v) is 12.3. The number of benzene rings is 6. The Bertz CT molecular complexity index is 2260. The van der Waals surface area contributed by atoms with E-state index in [1.54, 1.807) is 24.5 Å². The highest BCUT2D eigenvalue weighted by Crippen LogP contribution is 2.41. The lowest BCUT2D eigenvalue weighted by Crippen LogP contribution is -1.92. The van der Waals surface area contributed by atoms with Gasteiger partial charge in [-0.1, -0.05) is 69.9 Å². The highest BCUT2D eigenvalue weighted by molar-refractivity contribution is 6.31. The second kappa shape index (κ2) is 11.7. The summed E-state index contributed by atoms with van der Waals surface area (Å²) in [7, 11) is 0. The van der Waals surface area contributed by atoms with Crippen molar-refractivity contribution >= 4 is 45.1 Å². The van der Waals surface area contributed by atoms with E-state index in [9.17, 15) is 10.2 Å². The smallest absolute Gasteiger partial charge is 0.168 e. The van der Waals surface area contributed by atoms with E-state index in [2.05, 4.69) is 10.3 Å². The Morgan fingerprint density at radius 2 is 0.894 bits per heavy atom. The van der Waals surface area contributed by atoms with Gasteiger partial charge >= 0.3 is 0 Å². The molecule has 6 nitrogen and oxygen atoms in total. The molecule has 8 aromatic rings. The molecule has 2 N–H and O–H groups in total. The van der Waals surface area contributed by atoms with Gasteiger partial charge in [-0.2, -0.15) is 0 Å². The van der Waals surface area contributed by atoms with Gasteiger partial charge in [-0.05, 0) is 124 Å². The fraction of sp³-hybridized carbons (Fsp3) is 0.0256. The highest BCUT2D eigenvalue weighted by Gasteiger charge is 2.17. The lowest BCUT2D eigenvalue weighted by atomic mass is 9.92. The molecule has 0 saturated carbocycles. The van der Waals surface area contributed by atoms with Crippen molar-refractivity contribution in [3.05, 3.63) is 143 Å². The van der Waals surface area contributed by atoms with Crippen molar-refractivity contribution in [1.29, 1.82) is 0 Å². The lowest BCUT2D eigenvalue weighted by molar-refractivity contribution is 0.456. The van der Waals surface area contributed by atoms with E-state index in [-0.39, 0.29) is 11.5 Å². The molecule has 8 rings (SSSR count). The quantitative estimate of drug-likeness (QED) is 0.185. The maximum atomic E-state index is 11.1. The minimum Gasteiger partial charge on any atom is -0.507 e. The molecule has 0 aliphatic rings. The van der Waals surface area contributed by atoms with Crippen LogP contribution < -0.4 is 0 Å². The van der Waals surface area contributed by atoms with Crippen molar-refractivity contribution in [1.82, 2.24) is 10.3 Å². The van der Waals surface area contributed by atoms with Crippen LogP contribution in [0.1, 0.15) is 11.1 Å². The molecular weight excluding hydrogens is 631 g/mol. The summed E-state index contributed by atoms with van der Waals surface area (Å²) in [5, 5.41) is 33.1. The molecule has 228 valence electrons. The molecule has 0 atom stereocenters. The molecule has 8 heteroatoms. The summed E-state index contributed by atoms with van der Waals surface area (Å²) >= 11 is 12.3. The van der Waals surface area contributed by atoms with Gasteiger partial charge in [-0.25, -0.2) is 0 Å². The van der Waals surface area contributed by atoms with Crippen molar-refractivity contribution < 1.29 is 19.3 Å². The molecule has 0 amide bonds. The van der Waals surface area contributed by atoms with Crippen LogP contribution in [-0.2, 0) is 6.42 Å². The lowest BCUT2D eigenvalue weighted by Gasteiger charge is -2.13. The van der Waals surface area contributed by atoms with Gasteiger partial charge in [-0.15, -0.1) is 0 Å². The van der Waals surface area contributed by atoms with E-state index in [1.165, 1.54) is 0 Å². The first-order chi connectivity index (χ1) is 22.9. The van der Waals surface area contributed by atoms with Gasteiger partial charge in [0.15, 0.2) is 11.2 Å². The Kier molecular flexibility index (Phi) is 7.17. The molecule has 0 aliphatic carbocycles. The summed E-state index contributed by atoms with van der Waals surface area (Å²) in [4.78, 5) is 0. The SMILES string of the molecule is Oc1ccc(Cc2ccc(O)c(-c3cc(-c4ccc(Cl)cc4)cc4oncc34)c2)cc1-c1cc(-c2ccc(Cl)cc2)cc2oncc12. The zero-order chi connectivity index (χ0) is 32.1. The molecule has 2 heterocycles. The number of rotatable bonds is 6. The monoisotopic (exact) mass is 654 g/mol. The maximum Gasteiger partial charge on any atom is 0.168 e. The topological polar surface area (TPSA) is 92.5 Å². The summed E-state index contributed by atoms with van der Waals surface area (Å²) in [5.41, 5.74) is 9.84. The molecule has 0 bridgehead atoms. The average Bonchev–Trinajstić information content (AvgIpc) is 3.76. The van der Waals surface area contributed by atoms with Crippen LogP contribution in [0.25, 0.3) is 66.4 Å². The minimum atomic E-state index is 0.143. The molecule has 0 saturated heterocycles. The number of aromatic hydroxyl groups is 2. The number of hydrogen-bond acceptors (Lipinski definition) is 6. The van der Waals surface area contributed by atoms with E-state index in [0.29, 0.717) is 38.8 Å². The summed E-state index contributed by atoms with van der Waals surface area (Å²) in [6, 6.07) is 34.2. The summed E-state index contributed by atoms with van der Waals surface area (Å²) in [6.45, 7) is 0. The van der Waals surface area contributed by atoms with E-state index < -0.39 is 0 Å². The standard InChI is InChI=1S/C39H24Cl2N2O4/c40-28-7-3-24(4-8-28)26-16-30(34-20-42-46-38(34)18-26)32-14-22(1-11-36(32)44)13-23-2-12-37(45)33(15-23)31-17-27(19-39-35(31)21-43-47-39)25-5-9-29(41)10-6-25/h1-12,14-21,44-45H,13H2. The largest absolute Gasteiger partial charge is 0.507 e. The van der Waals surface area contributed by atoms with Crippen molar-refractivity contribution in [2.24, 2.45) is 0 Å². The normalized spacial score (nSPS) is 11.4. The van der Waals surface area contributed by atoms with Gasteiger partial charge in [0.25, 0.3) is 0 Å². The third kappa shape index (κ3) is 5.48. The van der Waals surface area contributed by atoms with E-state index in [4.69, 9.17) is 32.2 Å². The van der Waals surface area contributed by atoms with Gasteiger partial charge in [0.05, 0.1) is 12.4 Å². The van der Waals surface area contributed by atoms with Crippen LogP contribution in [0, 0.1) is 0 Å². The molecule has 47 heavy (non-hydrogen) atoms. The van der Waals surface area contributed by atoms with Crippen molar-refractivity contribution in [3.8, 4) is 56.0 Å². The Hall–Kier alpha value is -5.56. The summed E-state index contributed by atoms with van der Waals surface area (Å²) in [5.74, 6) is 0.287. The van der Waals surface area contributed by atoms with E-state index >= 15 is 0 Å². The van der Waals surface area contributed by atoms with Crippen LogP contribution in [-0.4, -0.2) is 20.5 Å². The molecule has 2 aromatic heterocycles. The zero-order valence-electron chi connectivity index (χ0n) is 24.6. The van der Waals surface area contributed by atoms with Gasteiger partial charge < -0.3 is 19.3 Å². The number of phenolic OH excluding ortho intramolecular Hbond substituents is 2. The molecule has 6 aromatic carbocycles. The van der Waals surface area contributed by atoms with Crippen LogP contribution in [0.2, 0.25) is 10.0 Å². The van der Waals surface area contributed by atoms with Gasteiger partial charge in [0.2, 0.25) is 0 Å². The minimum absolute atomic E-state index is 0.143. The molecule has 0 aliphatic heterocycles. The first kappa shape index (κ1) is 28.9. The number of hydrogen-bond donors (Lipinski definition) is 2. The Morgan fingerprint density at radius 1 is 0.468 bits per heavy atom. The van der Waals surface area contributed by atoms with Crippen molar-refractivity contribution in [3.63, 3.8) is 0 Å². The molecular formula is C39H24Cl2N2O4. The van der Waals surface area contributed by atoms with Crippen LogP contribution in [0.15, 0.2) is 131 Å². The van der Waals surface area contributed by atoms with Gasteiger partial charge in [-0.3, -0.25) is 0 Å². The number of nitrogens with zero attached hydrogens (tertiary/aromatic N) is 2. The molecule has 0 fully saturated rings. The van der Waals surface area contributed by atoms with E-state index in [1.807, 2.05) is 97.1 Å². The van der Waals surface area contributed by atoms with Crippen LogP contribution in [0.3, 0.4) is 0 Å². The van der Waals surface area contributed by atoms with Crippen molar-refractivity contribution in [2.75, 3.05) is 0 Å². The first-order valence-electron chi connectivity index (χ1n) is 14.8. The molecule has 0 unspecified atom stereocenters. The molecule has 0 spiro atoms. The number of phenols is 2. The maximum absolute atomic E-state index is 11.1. The third-order valence-electron chi connectivity index (χ3n) is 8.42. The number of halogens is 2. The van der Waals surface area contributed by atoms with Crippen molar-refractivity contribution in [2.45, 2.75) is 6.42 Å². The molecule has 0 radical (unpaired) electrons.